The van der Waals surface area contributed by atoms with Crippen LogP contribution in [0, 0.1) is 23.5 Å². The summed E-state index contributed by atoms with van der Waals surface area (Å²) in [6.07, 6.45) is 6.93. The van der Waals surface area contributed by atoms with Crippen molar-refractivity contribution in [1.82, 2.24) is 0 Å². The van der Waals surface area contributed by atoms with Crippen LogP contribution >= 0.6 is 0 Å². The monoisotopic (exact) mass is 430 g/mol. The Balaban J connectivity index is 1.51. The third-order valence-electron chi connectivity index (χ3n) is 7.14. The molecular weight excluding hydrogens is 396 g/mol. The van der Waals surface area contributed by atoms with Crippen LogP contribution in [-0.4, -0.2) is 21.8 Å². The summed E-state index contributed by atoms with van der Waals surface area (Å²) in [5.41, 5.74) is 0.638. The zero-order chi connectivity index (χ0) is 20.8. The molecule has 0 aromatic heterocycles. The second-order valence-electron chi connectivity index (χ2n) is 9.05. The largest absolute Gasteiger partial charge is 0.482 e. The van der Waals surface area contributed by atoms with E-state index in [0.717, 1.165) is 37.5 Å². The first-order valence-electron chi connectivity index (χ1n) is 11.4. The first kappa shape index (κ1) is 22.6. The number of hydrogen-bond acceptors (Lipinski definition) is 1. The van der Waals surface area contributed by atoms with E-state index >= 15 is 0 Å². The summed E-state index contributed by atoms with van der Waals surface area (Å²) in [6, 6.07) is 7.07. The van der Waals surface area contributed by atoms with Crippen molar-refractivity contribution in [3.05, 3.63) is 29.3 Å². The van der Waals surface area contributed by atoms with Crippen molar-refractivity contribution < 1.29 is 22.3 Å². The molecule has 6 heteroatoms. The molecule has 1 saturated carbocycles. The maximum absolute atomic E-state index is 14.2. The summed E-state index contributed by atoms with van der Waals surface area (Å²) in [4.78, 5) is 0. The van der Waals surface area contributed by atoms with Crippen molar-refractivity contribution in [2.75, 3.05) is 6.61 Å². The summed E-state index contributed by atoms with van der Waals surface area (Å²) in [6.45, 7) is 1.28. The Labute approximate surface area is 173 Å². The van der Waals surface area contributed by atoms with Gasteiger partial charge in [0.15, 0.2) is 17.4 Å². The summed E-state index contributed by atoms with van der Waals surface area (Å²) >= 11 is 0. The average molecular weight is 431 g/mol. The molecule has 0 atom stereocenters. The van der Waals surface area contributed by atoms with Gasteiger partial charge in [-0.1, -0.05) is 50.7 Å². The van der Waals surface area contributed by atoms with Crippen LogP contribution in [-0.2, 0) is 0 Å². The quantitative estimate of drug-likeness (QED) is 0.310. The molecule has 0 spiro atoms. The van der Waals surface area contributed by atoms with Crippen molar-refractivity contribution in [3.8, 4) is 5.75 Å². The van der Waals surface area contributed by atoms with Gasteiger partial charge >= 0.3 is 0 Å². The van der Waals surface area contributed by atoms with Crippen LogP contribution in [0.1, 0.15) is 69.8 Å². The number of ether oxygens (including phenoxy) is 1. The van der Waals surface area contributed by atoms with Crippen molar-refractivity contribution in [2.45, 2.75) is 88.8 Å². The first-order valence-corrected chi connectivity index (χ1v) is 13.8. The second kappa shape index (κ2) is 10.8. The van der Waals surface area contributed by atoms with E-state index in [1.165, 1.54) is 55.9 Å². The van der Waals surface area contributed by atoms with Gasteiger partial charge in [0.2, 0.25) is 0 Å². The number of benzene rings is 1. The highest BCUT2D eigenvalue weighted by Crippen LogP contribution is 2.44. The predicted molar refractivity (Wildman–Crippen MR) is 112 cm³/mol. The highest BCUT2D eigenvalue weighted by Gasteiger charge is 2.32. The second-order valence-corrected chi connectivity index (χ2v) is 12.5. The van der Waals surface area contributed by atoms with Gasteiger partial charge in [-0.3, -0.25) is 0 Å². The van der Waals surface area contributed by atoms with Gasteiger partial charge < -0.3 is 4.74 Å². The minimum Gasteiger partial charge on any atom is -0.482 e. The maximum atomic E-state index is 14.2. The van der Waals surface area contributed by atoms with Gasteiger partial charge in [0.25, 0.3) is 6.43 Å². The SMILES string of the molecule is CCCC[Si@H]1CC[C@H]([C@H]2CC[C@H](c3cc(F)c(OCC(F)F)c(F)c3)CC2)CC1. The van der Waals surface area contributed by atoms with Crippen molar-refractivity contribution in [3.63, 3.8) is 0 Å². The highest BCUT2D eigenvalue weighted by molar-refractivity contribution is 6.58. The third-order valence-corrected chi connectivity index (χ3v) is 10.7. The third kappa shape index (κ3) is 6.22. The Hall–Kier alpha value is -1.04. The molecule has 0 bridgehead atoms. The molecule has 1 saturated heterocycles. The first-order chi connectivity index (χ1) is 14.0. The number of hydrogen-bond donors (Lipinski definition) is 0. The van der Waals surface area contributed by atoms with E-state index in [-0.39, 0.29) is 5.92 Å². The molecule has 2 aliphatic rings. The van der Waals surface area contributed by atoms with Crippen LogP contribution in [0.3, 0.4) is 0 Å². The summed E-state index contributed by atoms with van der Waals surface area (Å²) in [5.74, 6) is -0.687. The lowest BCUT2D eigenvalue weighted by Gasteiger charge is -2.37. The fraction of sp³-hybridized carbons (Fsp3) is 0.739. The normalized spacial score (nSPS) is 27.9. The average Bonchev–Trinajstić information content (AvgIpc) is 2.72. The zero-order valence-corrected chi connectivity index (χ0v) is 18.6. The van der Waals surface area contributed by atoms with Crippen LogP contribution in [0.15, 0.2) is 12.1 Å². The molecule has 1 heterocycles. The lowest BCUT2D eigenvalue weighted by Crippen LogP contribution is -2.28. The van der Waals surface area contributed by atoms with Gasteiger partial charge in [-0.2, -0.15) is 0 Å². The van der Waals surface area contributed by atoms with E-state index in [0.29, 0.717) is 5.56 Å². The van der Waals surface area contributed by atoms with Gasteiger partial charge in [-0.25, -0.2) is 17.6 Å². The molecule has 0 unspecified atom stereocenters. The van der Waals surface area contributed by atoms with E-state index in [9.17, 15) is 17.6 Å². The van der Waals surface area contributed by atoms with E-state index < -0.39 is 39.2 Å². The van der Waals surface area contributed by atoms with Crippen molar-refractivity contribution in [1.29, 1.82) is 0 Å². The summed E-state index contributed by atoms with van der Waals surface area (Å²) in [7, 11) is -0.469. The molecule has 0 N–H and O–H groups in total. The van der Waals surface area contributed by atoms with Crippen LogP contribution in [0.5, 0.6) is 5.75 Å². The van der Waals surface area contributed by atoms with Crippen LogP contribution in [0.25, 0.3) is 0 Å². The smallest absolute Gasteiger partial charge is 0.272 e. The number of alkyl halides is 2. The van der Waals surface area contributed by atoms with E-state index in [2.05, 4.69) is 11.7 Å². The Morgan fingerprint density at radius 1 is 0.966 bits per heavy atom. The molecule has 1 nitrogen and oxygen atoms in total. The molecule has 1 aromatic rings. The lowest BCUT2D eigenvalue weighted by molar-refractivity contribution is 0.0777. The highest BCUT2D eigenvalue weighted by atomic mass is 28.3. The van der Waals surface area contributed by atoms with Crippen LogP contribution in [0.2, 0.25) is 18.1 Å². The Morgan fingerprint density at radius 3 is 2.10 bits per heavy atom. The molecular formula is C23H34F4OSi. The molecule has 164 valence electrons. The van der Waals surface area contributed by atoms with Gasteiger partial charge in [0.05, 0.1) is 0 Å². The molecule has 0 radical (unpaired) electrons. The molecule has 0 amide bonds. The Bertz CT molecular complexity index is 615. The fourth-order valence-electron chi connectivity index (χ4n) is 5.46. The Morgan fingerprint density at radius 2 is 1.55 bits per heavy atom. The lowest BCUT2D eigenvalue weighted by atomic mass is 9.72. The standard InChI is InChI=1S/C23H34F4OSi/c1-2-3-10-29-11-8-18(9-12-29)16-4-6-17(7-5-16)19-13-20(24)23(21(25)14-19)28-15-22(26)27/h13-14,16-18,22,29H,2-12,15H2,1H3/t16-,17-,18-,29-. The van der Waals surface area contributed by atoms with Gasteiger partial charge in [-0.15, -0.1) is 0 Å². The topological polar surface area (TPSA) is 9.23 Å². The zero-order valence-electron chi connectivity index (χ0n) is 17.4. The van der Waals surface area contributed by atoms with Gasteiger partial charge in [0.1, 0.15) is 6.61 Å². The minimum absolute atomic E-state index is 0.148. The van der Waals surface area contributed by atoms with Crippen molar-refractivity contribution >= 4 is 8.80 Å². The predicted octanol–water partition coefficient (Wildman–Crippen LogP) is 7.32. The maximum Gasteiger partial charge on any atom is 0.272 e. The number of halogens is 4. The van der Waals surface area contributed by atoms with Crippen molar-refractivity contribution in [2.24, 2.45) is 11.8 Å². The number of unbranched alkanes of at least 4 members (excludes halogenated alkanes) is 1. The summed E-state index contributed by atoms with van der Waals surface area (Å²) < 4.78 is 57.5. The minimum atomic E-state index is -2.76. The number of rotatable bonds is 8. The van der Waals surface area contributed by atoms with Gasteiger partial charge in [0, 0.05) is 8.80 Å². The van der Waals surface area contributed by atoms with Crippen LogP contribution in [0.4, 0.5) is 17.6 Å². The Kier molecular flexibility index (Phi) is 8.45. The summed E-state index contributed by atoms with van der Waals surface area (Å²) in [5, 5.41) is 0. The molecule has 1 aromatic carbocycles. The van der Waals surface area contributed by atoms with Gasteiger partial charge in [-0.05, 0) is 61.1 Å². The molecule has 3 rings (SSSR count). The van der Waals surface area contributed by atoms with E-state index in [4.69, 9.17) is 0 Å². The van der Waals surface area contributed by atoms with E-state index in [1.54, 1.807) is 0 Å². The molecule has 2 fully saturated rings. The molecule has 1 aliphatic heterocycles. The van der Waals surface area contributed by atoms with E-state index in [1.807, 2.05) is 0 Å². The molecule has 1 aliphatic carbocycles. The van der Waals surface area contributed by atoms with Crippen LogP contribution < -0.4 is 4.74 Å². The molecule has 29 heavy (non-hydrogen) atoms. The fourth-order valence-corrected chi connectivity index (χ4v) is 9.12.